The Morgan fingerprint density at radius 3 is 2.33 bits per heavy atom. The van der Waals surface area contributed by atoms with Gasteiger partial charge in [0.05, 0.1) is 30.5 Å². The van der Waals surface area contributed by atoms with E-state index in [0.717, 1.165) is 0 Å². The Bertz CT molecular complexity index is 1250. The summed E-state index contributed by atoms with van der Waals surface area (Å²) in [7, 11) is 10.1. The van der Waals surface area contributed by atoms with Gasteiger partial charge in [-0.25, -0.2) is 4.79 Å². The summed E-state index contributed by atoms with van der Waals surface area (Å²) in [6.07, 6.45) is -4.43. The first-order valence-corrected chi connectivity index (χ1v) is 15.3. The molecule has 1 saturated heterocycles. The fraction of sp³-hybridized carbons (Fsp3) is 0.781. The molecular formula is C32H45NO10. The zero-order valence-electron chi connectivity index (χ0n) is 25.7. The van der Waals surface area contributed by atoms with Gasteiger partial charge in [-0.15, -0.1) is 0 Å². The highest BCUT2D eigenvalue weighted by molar-refractivity contribution is 5.89. The minimum Gasteiger partial charge on any atom is -0.455 e. The smallest absolute Gasteiger partial charge is 0.338 e. The number of aliphatic hydroxyl groups is 3. The fourth-order valence-electron chi connectivity index (χ4n) is 12.1. The molecule has 5 aliphatic carbocycles. The predicted molar refractivity (Wildman–Crippen MR) is 151 cm³/mol. The number of likely N-dealkylation sites (tertiary alicyclic amines) is 1. The molecule has 1 aromatic carbocycles. The summed E-state index contributed by atoms with van der Waals surface area (Å²) in [4.78, 5) is 15.9. The van der Waals surface area contributed by atoms with Gasteiger partial charge in [0.2, 0.25) is 0 Å². The quantitative estimate of drug-likeness (QED) is 0.355. The van der Waals surface area contributed by atoms with E-state index in [4.69, 9.17) is 28.4 Å². The molecule has 238 valence electrons. The maximum atomic E-state index is 13.6. The monoisotopic (exact) mass is 603 g/mol. The Morgan fingerprint density at radius 2 is 1.72 bits per heavy atom. The second-order valence-corrected chi connectivity index (χ2v) is 13.9. The van der Waals surface area contributed by atoms with Crippen molar-refractivity contribution in [1.29, 1.82) is 0 Å². The van der Waals surface area contributed by atoms with Gasteiger partial charge in [-0.3, -0.25) is 0 Å². The van der Waals surface area contributed by atoms with E-state index in [0.29, 0.717) is 25.1 Å². The number of benzene rings is 1. The summed E-state index contributed by atoms with van der Waals surface area (Å²) in [5.41, 5.74) is -4.01. The number of nitrogens with zero attached hydrogens (tertiary/aromatic N) is 1. The highest BCUT2D eigenvalue weighted by Gasteiger charge is 2.91. The van der Waals surface area contributed by atoms with Crippen LogP contribution in [0.5, 0.6) is 0 Å². The Balaban J connectivity index is 1.49. The molecule has 11 heteroatoms. The SMILES string of the molecule is COC[C@]12CN(C)C3C4[C@H](OC)[C@H]1C3(C1C[C@@]3(O)C(OC(=O)c5ccccc5)[C@@H]1[C@]4(OC)[C@@H](O)[C@@H]3OC)[C@@H](OC)CC2O. The molecule has 1 spiro atoms. The molecular weight excluding hydrogens is 558 g/mol. The van der Waals surface area contributed by atoms with E-state index in [9.17, 15) is 20.1 Å². The van der Waals surface area contributed by atoms with Crippen LogP contribution in [0.25, 0.3) is 0 Å². The lowest BCUT2D eigenvalue weighted by Crippen LogP contribution is -2.81. The number of aliphatic hydroxyl groups excluding tert-OH is 2. The first-order chi connectivity index (χ1) is 20.6. The molecule has 0 amide bonds. The van der Waals surface area contributed by atoms with E-state index < -0.39 is 76.5 Å². The molecule has 43 heavy (non-hydrogen) atoms. The number of hydrogen-bond acceptors (Lipinski definition) is 11. The van der Waals surface area contributed by atoms with Gasteiger partial charge in [-0.05, 0) is 31.5 Å². The molecule has 6 fully saturated rings. The van der Waals surface area contributed by atoms with E-state index in [1.807, 2.05) is 13.1 Å². The van der Waals surface area contributed by atoms with Crippen LogP contribution in [0.4, 0.5) is 0 Å². The van der Waals surface area contributed by atoms with Gasteiger partial charge in [0.25, 0.3) is 0 Å². The van der Waals surface area contributed by atoms with Crippen molar-refractivity contribution in [3.63, 3.8) is 0 Å². The second kappa shape index (κ2) is 9.91. The van der Waals surface area contributed by atoms with Crippen molar-refractivity contribution >= 4 is 5.97 Å². The number of carbonyl (C=O) groups excluding carboxylic acids is 1. The second-order valence-electron chi connectivity index (χ2n) is 13.9. The molecule has 15 atom stereocenters. The standard InChI is InChI=1S/C32H45NO10/c1-33-14-29(15-38-2)18(34)12-19(39-3)31-17-13-30(37)26(43-28(36)16-10-8-7-9-11-16)20(17)32(42-6,25(35)27(30)41-5)21(24(31)33)22(40-4)23(29)31/h7-11,17-27,34-35,37H,12-15H2,1-6H3/t17?,18?,19-,20+,21?,22-,23+,24?,25-,26?,27-,29-,30+,31?,32+/m0/s1. The van der Waals surface area contributed by atoms with E-state index in [1.165, 1.54) is 7.11 Å². The van der Waals surface area contributed by atoms with Crippen molar-refractivity contribution in [2.45, 2.75) is 66.7 Å². The van der Waals surface area contributed by atoms with Crippen LogP contribution < -0.4 is 0 Å². The minimum atomic E-state index is -1.71. The molecule has 1 aromatic rings. The lowest BCUT2D eigenvalue weighted by atomic mass is 9.42. The van der Waals surface area contributed by atoms with E-state index in [1.54, 1.807) is 52.7 Å². The normalized spacial score (nSPS) is 52.7. The molecule has 7 bridgehead atoms. The van der Waals surface area contributed by atoms with Crippen LogP contribution in [-0.4, -0.2) is 136 Å². The summed E-state index contributed by atoms with van der Waals surface area (Å²) in [5.74, 6) is -2.21. The molecule has 0 aromatic heterocycles. The van der Waals surface area contributed by atoms with E-state index in [2.05, 4.69) is 4.90 Å². The maximum absolute atomic E-state index is 13.6. The van der Waals surface area contributed by atoms with Crippen molar-refractivity contribution in [3.8, 4) is 0 Å². The van der Waals surface area contributed by atoms with Gasteiger partial charge in [0, 0.05) is 83.1 Å². The Kier molecular flexibility index (Phi) is 6.92. The summed E-state index contributed by atoms with van der Waals surface area (Å²) in [5, 5.41) is 36.9. The van der Waals surface area contributed by atoms with Crippen molar-refractivity contribution < 1.29 is 48.5 Å². The van der Waals surface area contributed by atoms with Gasteiger partial charge < -0.3 is 48.6 Å². The molecule has 11 nitrogen and oxygen atoms in total. The number of hydrogen-bond donors (Lipinski definition) is 3. The fourth-order valence-corrected chi connectivity index (χ4v) is 12.1. The average molecular weight is 604 g/mol. The van der Waals surface area contributed by atoms with Gasteiger partial charge in [0.15, 0.2) is 0 Å². The molecule has 3 N–H and O–H groups in total. The molecule has 6 aliphatic rings. The predicted octanol–water partition coefficient (Wildman–Crippen LogP) is 0.341. The maximum Gasteiger partial charge on any atom is 0.338 e. The number of carbonyl (C=O) groups is 1. The van der Waals surface area contributed by atoms with E-state index >= 15 is 0 Å². The number of piperidine rings is 1. The topological polar surface area (TPSA) is 136 Å². The highest BCUT2D eigenvalue weighted by Crippen LogP contribution is 2.80. The lowest BCUT2D eigenvalue weighted by Gasteiger charge is -2.70. The van der Waals surface area contributed by atoms with Crippen LogP contribution in [-0.2, 0) is 28.4 Å². The summed E-state index contributed by atoms with van der Waals surface area (Å²) in [6.45, 7) is 0.863. The van der Waals surface area contributed by atoms with Crippen molar-refractivity contribution in [2.75, 3.05) is 55.7 Å². The Hall–Kier alpha value is -1.67. The van der Waals surface area contributed by atoms with Crippen LogP contribution >= 0.6 is 0 Å². The van der Waals surface area contributed by atoms with Crippen LogP contribution in [0.1, 0.15) is 23.2 Å². The molecule has 0 radical (unpaired) electrons. The number of ether oxygens (including phenoxy) is 6. The molecule has 7 rings (SSSR count). The Labute approximate surface area is 252 Å². The third-order valence-corrected chi connectivity index (χ3v) is 12.9. The van der Waals surface area contributed by atoms with Gasteiger partial charge in [-0.1, -0.05) is 18.2 Å². The molecule has 5 saturated carbocycles. The zero-order chi connectivity index (χ0) is 30.7. The van der Waals surface area contributed by atoms with Crippen LogP contribution in [0.2, 0.25) is 0 Å². The highest BCUT2D eigenvalue weighted by atomic mass is 16.6. The van der Waals surface area contributed by atoms with Gasteiger partial charge >= 0.3 is 5.97 Å². The summed E-state index contributed by atoms with van der Waals surface area (Å²) >= 11 is 0. The largest absolute Gasteiger partial charge is 0.455 e. The summed E-state index contributed by atoms with van der Waals surface area (Å²) in [6, 6.07) is 8.51. The van der Waals surface area contributed by atoms with Crippen LogP contribution in [0, 0.1) is 34.5 Å². The number of fused-ring (bicyclic) bond motifs is 2. The van der Waals surface area contributed by atoms with Crippen LogP contribution in [0.3, 0.4) is 0 Å². The Morgan fingerprint density at radius 1 is 1.00 bits per heavy atom. The molecule has 1 aliphatic heterocycles. The third kappa shape index (κ3) is 3.24. The first-order valence-electron chi connectivity index (χ1n) is 15.3. The molecule has 6 unspecified atom stereocenters. The van der Waals surface area contributed by atoms with Crippen LogP contribution in [0.15, 0.2) is 30.3 Å². The average Bonchev–Trinajstić information content (AvgIpc) is 3.38. The van der Waals surface area contributed by atoms with Gasteiger partial charge in [0.1, 0.15) is 29.5 Å². The third-order valence-electron chi connectivity index (χ3n) is 12.9. The number of esters is 1. The summed E-state index contributed by atoms with van der Waals surface area (Å²) < 4.78 is 37.4. The molecule has 1 heterocycles. The van der Waals surface area contributed by atoms with Crippen molar-refractivity contribution in [2.24, 2.45) is 34.5 Å². The first kappa shape index (κ1) is 30.0. The minimum absolute atomic E-state index is 0.189. The van der Waals surface area contributed by atoms with Crippen molar-refractivity contribution in [1.82, 2.24) is 4.90 Å². The lowest BCUT2D eigenvalue weighted by molar-refractivity contribution is -0.324. The number of methoxy groups -OCH3 is 5. The van der Waals surface area contributed by atoms with Gasteiger partial charge in [-0.2, -0.15) is 0 Å². The van der Waals surface area contributed by atoms with E-state index in [-0.39, 0.29) is 24.3 Å². The zero-order valence-corrected chi connectivity index (χ0v) is 25.7. The van der Waals surface area contributed by atoms with Crippen molar-refractivity contribution in [3.05, 3.63) is 35.9 Å². The number of rotatable bonds is 8.